The predicted octanol–water partition coefficient (Wildman–Crippen LogP) is 3.36. The fourth-order valence-electron chi connectivity index (χ4n) is 3.77. The zero-order valence-corrected chi connectivity index (χ0v) is 15.2. The van der Waals surface area contributed by atoms with E-state index in [2.05, 4.69) is 24.4 Å². The summed E-state index contributed by atoms with van der Waals surface area (Å²) in [5.41, 5.74) is 1.18. The largest absolute Gasteiger partial charge is 0.381 e. The zero-order chi connectivity index (χ0) is 17.5. The first-order valence-corrected chi connectivity index (χ1v) is 9.55. The first-order chi connectivity index (χ1) is 12.3. The Kier molecular flexibility index (Phi) is 6.70. The fraction of sp³-hybridized carbons (Fsp3) is 0.650. The molecule has 2 saturated heterocycles. The third kappa shape index (κ3) is 4.95. The van der Waals surface area contributed by atoms with Crippen molar-refractivity contribution in [2.75, 3.05) is 33.0 Å². The molecule has 0 aliphatic carbocycles. The number of hydrogen-bond acceptors (Lipinski definition) is 3. The Morgan fingerprint density at radius 3 is 2.68 bits per heavy atom. The van der Waals surface area contributed by atoms with Gasteiger partial charge in [0.15, 0.2) is 0 Å². The van der Waals surface area contributed by atoms with E-state index in [0.29, 0.717) is 25.7 Å². The number of urea groups is 1. The highest BCUT2D eigenvalue weighted by Gasteiger charge is 2.29. The van der Waals surface area contributed by atoms with Crippen molar-refractivity contribution >= 4 is 6.03 Å². The van der Waals surface area contributed by atoms with Gasteiger partial charge in [-0.3, -0.25) is 0 Å². The molecule has 2 fully saturated rings. The Balaban J connectivity index is 1.69. The van der Waals surface area contributed by atoms with Crippen molar-refractivity contribution in [3.8, 4) is 0 Å². The van der Waals surface area contributed by atoms with E-state index in [4.69, 9.17) is 9.47 Å². The summed E-state index contributed by atoms with van der Waals surface area (Å²) in [6, 6.07) is 10.6. The van der Waals surface area contributed by atoms with Crippen molar-refractivity contribution in [1.29, 1.82) is 0 Å². The molecule has 0 bridgehead atoms. The first kappa shape index (κ1) is 18.2. The number of benzene rings is 1. The van der Waals surface area contributed by atoms with Gasteiger partial charge in [-0.1, -0.05) is 37.3 Å². The molecule has 1 aromatic carbocycles. The number of carbonyl (C=O) groups excluding carboxylic acids is 1. The van der Waals surface area contributed by atoms with E-state index in [9.17, 15) is 4.79 Å². The molecule has 0 unspecified atom stereocenters. The van der Waals surface area contributed by atoms with Crippen molar-refractivity contribution < 1.29 is 14.3 Å². The monoisotopic (exact) mass is 346 g/mol. The molecule has 2 aliphatic rings. The van der Waals surface area contributed by atoms with E-state index >= 15 is 0 Å². The standard InChI is InChI=1S/C20H30N2O3/c1-2-18-15-25-13-10-22(18)20(23)21-19(17-6-4-3-5-7-17)14-16-8-11-24-12-9-16/h3-7,16,18-19H,2,8-15H2,1H3,(H,21,23)/t18-,19-/m1/s1. The molecule has 1 N–H and O–H groups in total. The van der Waals surface area contributed by atoms with Crippen LogP contribution in [0, 0.1) is 5.92 Å². The molecule has 0 saturated carbocycles. The molecule has 3 rings (SSSR count). The quantitative estimate of drug-likeness (QED) is 0.889. The van der Waals surface area contributed by atoms with Crippen LogP contribution < -0.4 is 5.32 Å². The minimum atomic E-state index is 0.0380. The highest BCUT2D eigenvalue weighted by Crippen LogP contribution is 2.28. The van der Waals surface area contributed by atoms with Crippen molar-refractivity contribution in [3.05, 3.63) is 35.9 Å². The summed E-state index contributed by atoms with van der Waals surface area (Å²) in [4.78, 5) is 14.9. The number of morpholine rings is 1. The minimum absolute atomic E-state index is 0.0380. The summed E-state index contributed by atoms with van der Waals surface area (Å²) in [6.45, 7) is 5.71. The normalized spacial score (nSPS) is 23.2. The molecular formula is C20H30N2O3. The van der Waals surface area contributed by atoms with Gasteiger partial charge in [-0.15, -0.1) is 0 Å². The third-order valence-electron chi connectivity index (χ3n) is 5.37. The van der Waals surface area contributed by atoms with Gasteiger partial charge >= 0.3 is 6.03 Å². The maximum Gasteiger partial charge on any atom is 0.318 e. The summed E-state index contributed by atoms with van der Waals surface area (Å²) < 4.78 is 11.0. The molecular weight excluding hydrogens is 316 g/mol. The summed E-state index contributed by atoms with van der Waals surface area (Å²) in [5, 5.41) is 3.31. The van der Waals surface area contributed by atoms with Crippen molar-refractivity contribution in [1.82, 2.24) is 10.2 Å². The second kappa shape index (κ2) is 9.20. The summed E-state index contributed by atoms with van der Waals surface area (Å²) >= 11 is 0. The topological polar surface area (TPSA) is 50.8 Å². The Hall–Kier alpha value is -1.59. The second-order valence-electron chi connectivity index (χ2n) is 7.03. The van der Waals surface area contributed by atoms with Crippen molar-refractivity contribution in [2.45, 2.75) is 44.7 Å². The van der Waals surface area contributed by atoms with Crippen LogP contribution in [0.5, 0.6) is 0 Å². The van der Waals surface area contributed by atoms with Crippen molar-refractivity contribution in [2.24, 2.45) is 5.92 Å². The Labute approximate surface area is 150 Å². The smallest absolute Gasteiger partial charge is 0.318 e. The molecule has 2 heterocycles. The van der Waals surface area contributed by atoms with Gasteiger partial charge in [0.2, 0.25) is 0 Å². The maximum atomic E-state index is 12.9. The Morgan fingerprint density at radius 1 is 1.20 bits per heavy atom. The number of amides is 2. The number of ether oxygens (including phenoxy) is 2. The molecule has 25 heavy (non-hydrogen) atoms. The van der Waals surface area contributed by atoms with E-state index in [-0.39, 0.29) is 18.1 Å². The van der Waals surface area contributed by atoms with Crippen LogP contribution >= 0.6 is 0 Å². The lowest BCUT2D eigenvalue weighted by Crippen LogP contribution is -2.53. The van der Waals surface area contributed by atoms with E-state index < -0.39 is 0 Å². The zero-order valence-electron chi connectivity index (χ0n) is 15.2. The Morgan fingerprint density at radius 2 is 1.96 bits per heavy atom. The lowest BCUT2D eigenvalue weighted by molar-refractivity contribution is 0.0102. The van der Waals surface area contributed by atoms with Crippen molar-refractivity contribution in [3.63, 3.8) is 0 Å². The molecule has 5 heteroatoms. The fourth-order valence-corrected chi connectivity index (χ4v) is 3.77. The molecule has 0 spiro atoms. The van der Waals surface area contributed by atoms with Crippen LogP contribution in [-0.2, 0) is 9.47 Å². The summed E-state index contributed by atoms with van der Waals surface area (Å²) in [7, 11) is 0. The van der Waals surface area contributed by atoms with Crippen LogP contribution in [0.1, 0.15) is 44.2 Å². The van der Waals surface area contributed by atoms with Gasteiger partial charge in [0.1, 0.15) is 0 Å². The van der Waals surface area contributed by atoms with Gasteiger partial charge in [0.05, 0.1) is 25.3 Å². The number of hydrogen-bond donors (Lipinski definition) is 1. The molecule has 0 radical (unpaired) electrons. The average Bonchev–Trinajstić information content (AvgIpc) is 2.69. The summed E-state index contributed by atoms with van der Waals surface area (Å²) in [6.07, 6.45) is 4.05. The van der Waals surface area contributed by atoms with Crippen LogP contribution in [0.2, 0.25) is 0 Å². The first-order valence-electron chi connectivity index (χ1n) is 9.55. The molecule has 2 aliphatic heterocycles. The lowest BCUT2D eigenvalue weighted by atomic mass is 9.89. The van der Waals surface area contributed by atoms with Crippen LogP contribution in [0.15, 0.2) is 30.3 Å². The molecule has 0 aromatic heterocycles. The van der Waals surface area contributed by atoms with E-state index in [1.165, 1.54) is 5.56 Å². The van der Waals surface area contributed by atoms with Gasteiger partial charge in [0.25, 0.3) is 0 Å². The predicted molar refractivity (Wildman–Crippen MR) is 97.5 cm³/mol. The van der Waals surface area contributed by atoms with Crippen LogP contribution in [-0.4, -0.2) is 49.9 Å². The summed E-state index contributed by atoms with van der Waals surface area (Å²) in [5.74, 6) is 0.603. The number of nitrogens with one attached hydrogen (secondary N) is 1. The molecule has 138 valence electrons. The molecule has 2 amide bonds. The van der Waals surface area contributed by atoms with Crippen LogP contribution in [0.25, 0.3) is 0 Å². The molecule has 5 nitrogen and oxygen atoms in total. The van der Waals surface area contributed by atoms with Gasteiger partial charge in [-0.05, 0) is 37.2 Å². The van der Waals surface area contributed by atoms with Gasteiger partial charge in [-0.25, -0.2) is 4.79 Å². The van der Waals surface area contributed by atoms with E-state index in [1.807, 2.05) is 23.1 Å². The molecule has 1 aromatic rings. The second-order valence-corrected chi connectivity index (χ2v) is 7.03. The highest BCUT2D eigenvalue weighted by molar-refractivity contribution is 5.75. The number of nitrogens with zero attached hydrogens (tertiary/aromatic N) is 1. The van der Waals surface area contributed by atoms with Gasteiger partial charge in [-0.2, -0.15) is 0 Å². The van der Waals surface area contributed by atoms with Gasteiger partial charge < -0.3 is 19.7 Å². The SMILES string of the molecule is CC[C@@H]1COCCN1C(=O)N[C@H](CC1CCOCC1)c1ccccc1. The highest BCUT2D eigenvalue weighted by atomic mass is 16.5. The van der Waals surface area contributed by atoms with Gasteiger partial charge in [0, 0.05) is 19.8 Å². The molecule has 2 atom stereocenters. The van der Waals surface area contributed by atoms with E-state index in [0.717, 1.165) is 38.9 Å². The maximum absolute atomic E-state index is 12.9. The van der Waals surface area contributed by atoms with Crippen LogP contribution in [0.3, 0.4) is 0 Å². The third-order valence-corrected chi connectivity index (χ3v) is 5.37. The number of carbonyl (C=O) groups is 1. The number of rotatable bonds is 5. The Bertz CT molecular complexity index is 531. The average molecular weight is 346 g/mol. The van der Waals surface area contributed by atoms with Crippen LogP contribution in [0.4, 0.5) is 4.79 Å². The lowest BCUT2D eigenvalue weighted by Gasteiger charge is -2.37. The minimum Gasteiger partial charge on any atom is -0.381 e. The van der Waals surface area contributed by atoms with E-state index in [1.54, 1.807) is 0 Å².